The summed E-state index contributed by atoms with van der Waals surface area (Å²) in [6, 6.07) is 3.69. The summed E-state index contributed by atoms with van der Waals surface area (Å²) in [6.45, 7) is 5.75. The molecule has 1 N–H and O–H groups in total. The van der Waals surface area contributed by atoms with E-state index in [4.69, 9.17) is 4.42 Å². The van der Waals surface area contributed by atoms with Crippen LogP contribution in [0.25, 0.3) is 0 Å². The fraction of sp³-hybridized carbons (Fsp3) is 0.643. The minimum atomic E-state index is -0.164. The van der Waals surface area contributed by atoms with Gasteiger partial charge in [0.15, 0.2) is 0 Å². The van der Waals surface area contributed by atoms with E-state index in [-0.39, 0.29) is 18.0 Å². The molecule has 2 atom stereocenters. The smallest absolute Gasteiger partial charge is 0.239 e. The zero-order valence-corrected chi connectivity index (χ0v) is 11.2. The highest BCUT2D eigenvalue weighted by molar-refractivity contribution is 5.81. The number of piperidine rings is 1. The van der Waals surface area contributed by atoms with Gasteiger partial charge in [0.05, 0.1) is 18.3 Å². The van der Waals surface area contributed by atoms with Crippen LogP contribution in [0.5, 0.6) is 0 Å². The molecule has 0 aromatic carbocycles. The summed E-state index contributed by atoms with van der Waals surface area (Å²) in [5.41, 5.74) is 0. The summed E-state index contributed by atoms with van der Waals surface area (Å²) >= 11 is 0. The summed E-state index contributed by atoms with van der Waals surface area (Å²) in [5.74, 6) is 1.07. The first-order chi connectivity index (χ1) is 8.68. The lowest BCUT2D eigenvalue weighted by Gasteiger charge is -2.30. The summed E-state index contributed by atoms with van der Waals surface area (Å²) in [5, 5.41) is 3.29. The van der Waals surface area contributed by atoms with Crippen LogP contribution < -0.4 is 5.32 Å². The Hall–Kier alpha value is -1.29. The topological polar surface area (TPSA) is 45.5 Å². The van der Waals surface area contributed by atoms with Gasteiger partial charge >= 0.3 is 0 Å². The number of carbonyl (C=O) groups is 1. The molecular weight excluding hydrogens is 228 g/mol. The fourth-order valence-electron chi connectivity index (χ4n) is 2.45. The molecule has 0 bridgehead atoms. The summed E-state index contributed by atoms with van der Waals surface area (Å²) in [6.07, 6.45) is 5.16. The van der Waals surface area contributed by atoms with Gasteiger partial charge in [0.25, 0.3) is 0 Å². The number of rotatable bonds is 4. The minimum absolute atomic E-state index is 0.0590. The molecule has 1 aliphatic rings. The zero-order valence-electron chi connectivity index (χ0n) is 11.2. The molecule has 1 unspecified atom stereocenters. The molecular formula is C14H22N2O2. The van der Waals surface area contributed by atoms with Gasteiger partial charge in [-0.15, -0.1) is 0 Å². The Labute approximate surface area is 108 Å². The Morgan fingerprint density at radius 2 is 2.06 bits per heavy atom. The molecule has 1 aromatic rings. The van der Waals surface area contributed by atoms with Gasteiger partial charge in [-0.25, -0.2) is 0 Å². The van der Waals surface area contributed by atoms with Gasteiger partial charge in [-0.3, -0.25) is 10.1 Å². The summed E-state index contributed by atoms with van der Waals surface area (Å²) in [7, 11) is 0. The molecule has 0 aliphatic carbocycles. The molecule has 0 radical (unpaired) electrons. The lowest BCUT2D eigenvalue weighted by atomic mass is 10.1. The first-order valence-corrected chi connectivity index (χ1v) is 6.76. The predicted molar refractivity (Wildman–Crippen MR) is 70.2 cm³/mol. The SMILES string of the molecule is CC(N[C@H](C)c1ccco1)C(=O)N1CCCCC1. The van der Waals surface area contributed by atoms with Crippen LogP contribution in [-0.4, -0.2) is 29.9 Å². The number of carbonyl (C=O) groups excluding carboxylic acids is 1. The molecule has 1 aromatic heterocycles. The minimum Gasteiger partial charge on any atom is -0.468 e. The lowest BCUT2D eigenvalue weighted by molar-refractivity contribution is -0.134. The number of hydrogen-bond donors (Lipinski definition) is 1. The Kier molecular flexibility index (Phi) is 4.42. The molecule has 4 heteroatoms. The Morgan fingerprint density at radius 3 is 2.67 bits per heavy atom. The zero-order chi connectivity index (χ0) is 13.0. The monoisotopic (exact) mass is 250 g/mol. The average molecular weight is 250 g/mol. The third kappa shape index (κ3) is 3.13. The maximum Gasteiger partial charge on any atom is 0.239 e. The Bertz CT molecular complexity index is 369. The van der Waals surface area contributed by atoms with Crippen molar-refractivity contribution < 1.29 is 9.21 Å². The fourth-order valence-corrected chi connectivity index (χ4v) is 2.45. The maximum absolute atomic E-state index is 12.2. The van der Waals surface area contributed by atoms with Crippen LogP contribution in [0, 0.1) is 0 Å². The summed E-state index contributed by atoms with van der Waals surface area (Å²) in [4.78, 5) is 14.2. The van der Waals surface area contributed by atoms with Gasteiger partial charge in [-0.05, 0) is 45.2 Å². The largest absolute Gasteiger partial charge is 0.468 e. The van der Waals surface area contributed by atoms with E-state index in [0.717, 1.165) is 31.7 Å². The molecule has 1 amide bonds. The number of nitrogens with one attached hydrogen (secondary N) is 1. The van der Waals surface area contributed by atoms with Crippen molar-refractivity contribution in [1.29, 1.82) is 0 Å². The third-order valence-electron chi connectivity index (χ3n) is 3.51. The average Bonchev–Trinajstić information content (AvgIpc) is 2.92. The molecule has 2 heterocycles. The van der Waals surface area contributed by atoms with Crippen LogP contribution in [0.2, 0.25) is 0 Å². The van der Waals surface area contributed by atoms with Crippen LogP contribution in [0.15, 0.2) is 22.8 Å². The van der Waals surface area contributed by atoms with Gasteiger partial charge < -0.3 is 9.32 Å². The molecule has 1 saturated heterocycles. The maximum atomic E-state index is 12.2. The van der Waals surface area contributed by atoms with Crippen molar-refractivity contribution in [2.75, 3.05) is 13.1 Å². The van der Waals surface area contributed by atoms with Crippen LogP contribution in [0.3, 0.4) is 0 Å². The third-order valence-corrected chi connectivity index (χ3v) is 3.51. The highest BCUT2D eigenvalue weighted by atomic mass is 16.3. The van der Waals surface area contributed by atoms with E-state index in [1.54, 1.807) is 6.26 Å². The van der Waals surface area contributed by atoms with E-state index >= 15 is 0 Å². The van der Waals surface area contributed by atoms with Crippen molar-refractivity contribution in [3.8, 4) is 0 Å². The predicted octanol–water partition coefficient (Wildman–Crippen LogP) is 2.33. The number of furan rings is 1. The molecule has 18 heavy (non-hydrogen) atoms. The van der Waals surface area contributed by atoms with Crippen LogP contribution in [0.4, 0.5) is 0 Å². The first-order valence-electron chi connectivity index (χ1n) is 6.76. The van der Waals surface area contributed by atoms with Crippen molar-refractivity contribution in [3.05, 3.63) is 24.2 Å². The Morgan fingerprint density at radius 1 is 1.33 bits per heavy atom. The first kappa shape index (κ1) is 13.1. The summed E-state index contributed by atoms with van der Waals surface area (Å²) < 4.78 is 5.33. The van der Waals surface area contributed by atoms with Gasteiger partial charge in [0, 0.05) is 13.1 Å². The van der Waals surface area contributed by atoms with E-state index in [9.17, 15) is 4.79 Å². The second-order valence-electron chi connectivity index (χ2n) is 5.01. The normalized spacial score (nSPS) is 19.6. The molecule has 100 valence electrons. The number of nitrogens with zero attached hydrogens (tertiary/aromatic N) is 1. The molecule has 1 fully saturated rings. The number of amides is 1. The molecule has 0 saturated carbocycles. The highest BCUT2D eigenvalue weighted by Gasteiger charge is 2.23. The van der Waals surface area contributed by atoms with E-state index in [0.29, 0.717) is 0 Å². The second kappa shape index (κ2) is 6.05. The molecule has 0 spiro atoms. The Balaban J connectivity index is 1.86. The van der Waals surface area contributed by atoms with Gasteiger partial charge in [-0.2, -0.15) is 0 Å². The van der Waals surface area contributed by atoms with Crippen molar-refractivity contribution in [3.63, 3.8) is 0 Å². The molecule has 2 rings (SSSR count). The molecule has 1 aliphatic heterocycles. The number of likely N-dealkylation sites (tertiary alicyclic amines) is 1. The quantitative estimate of drug-likeness (QED) is 0.892. The van der Waals surface area contributed by atoms with Crippen molar-refractivity contribution in [2.24, 2.45) is 0 Å². The van der Waals surface area contributed by atoms with Crippen LogP contribution in [-0.2, 0) is 4.79 Å². The van der Waals surface area contributed by atoms with E-state index in [1.807, 2.05) is 30.9 Å². The number of hydrogen-bond acceptors (Lipinski definition) is 3. The second-order valence-corrected chi connectivity index (χ2v) is 5.01. The molecule has 4 nitrogen and oxygen atoms in total. The van der Waals surface area contributed by atoms with Crippen LogP contribution >= 0.6 is 0 Å². The van der Waals surface area contributed by atoms with Crippen LogP contribution in [0.1, 0.15) is 44.9 Å². The van der Waals surface area contributed by atoms with E-state index < -0.39 is 0 Å². The van der Waals surface area contributed by atoms with E-state index in [1.165, 1.54) is 6.42 Å². The van der Waals surface area contributed by atoms with Crippen molar-refractivity contribution in [2.45, 2.75) is 45.2 Å². The van der Waals surface area contributed by atoms with Gasteiger partial charge in [-0.1, -0.05) is 0 Å². The highest BCUT2D eigenvalue weighted by Crippen LogP contribution is 2.15. The van der Waals surface area contributed by atoms with Gasteiger partial charge in [0.2, 0.25) is 5.91 Å². The van der Waals surface area contributed by atoms with E-state index in [2.05, 4.69) is 5.32 Å². The van der Waals surface area contributed by atoms with Crippen molar-refractivity contribution in [1.82, 2.24) is 10.2 Å². The standard InChI is InChI=1S/C14H22N2O2/c1-11(13-7-6-10-18-13)15-12(2)14(17)16-8-4-3-5-9-16/h6-7,10-12,15H,3-5,8-9H2,1-2H3/t11-,12?/m1/s1. The van der Waals surface area contributed by atoms with Crippen molar-refractivity contribution >= 4 is 5.91 Å². The van der Waals surface area contributed by atoms with Gasteiger partial charge in [0.1, 0.15) is 5.76 Å². The lowest BCUT2D eigenvalue weighted by Crippen LogP contribution is -2.47.